The van der Waals surface area contributed by atoms with Gasteiger partial charge in [-0.05, 0) is 30.9 Å². The van der Waals surface area contributed by atoms with Gasteiger partial charge in [-0.2, -0.15) is 5.10 Å². The third kappa shape index (κ3) is 5.93. The van der Waals surface area contributed by atoms with Crippen LogP contribution in [0.3, 0.4) is 0 Å². The highest BCUT2D eigenvalue weighted by atomic mass is 19.3. The van der Waals surface area contributed by atoms with Gasteiger partial charge in [0.05, 0.1) is 23.6 Å². The third-order valence-electron chi connectivity index (χ3n) is 6.46. The normalized spacial score (nSPS) is 17.5. The lowest BCUT2D eigenvalue weighted by Gasteiger charge is -2.35. The largest absolute Gasteiger partial charge is 0.370 e. The molecule has 2 heterocycles. The van der Waals surface area contributed by atoms with Gasteiger partial charge in [0, 0.05) is 31.6 Å². The van der Waals surface area contributed by atoms with Crippen molar-refractivity contribution in [3.8, 4) is 22.5 Å². The van der Waals surface area contributed by atoms with Crippen LogP contribution < -0.4 is 11.1 Å². The number of halogens is 2. The number of aryl methyl sites for hydroxylation is 1. The van der Waals surface area contributed by atoms with E-state index in [4.69, 9.17) is 5.73 Å². The van der Waals surface area contributed by atoms with Gasteiger partial charge in [0.25, 0.3) is 5.92 Å². The summed E-state index contributed by atoms with van der Waals surface area (Å²) in [4.78, 5) is 31.2. The number of nitrogens with one attached hydrogen (secondary N) is 2. The van der Waals surface area contributed by atoms with E-state index in [0.29, 0.717) is 31.5 Å². The van der Waals surface area contributed by atoms with E-state index >= 15 is 0 Å². The van der Waals surface area contributed by atoms with E-state index in [9.17, 15) is 18.4 Å². The lowest BCUT2D eigenvalue weighted by molar-refractivity contribution is -0.163. The van der Waals surface area contributed by atoms with Crippen molar-refractivity contribution in [2.75, 3.05) is 0 Å². The molecule has 0 spiro atoms. The van der Waals surface area contributed by atoms with Gasteiger partial charge in [-0.25, -0.2) is 13.8 Å². The maximum Gasteiger partial charge on any atom is 0.259 e. The lowest BCUT2D eigenvalue weighted by atomic mass is 9.80. The van der Waals surface area contributed by atoms with E-state index in [1.54, 1.807) is 10.9 Å². The minimum atomic E-state index is -2.96. The molecule has 3 aromatic rings. The highest BCUT2D eigenvalue weighted by molar-refractivity contribution is 5.81. The Balaban J connectivity index is 1.46. The van der Waals surface area contributed by atoms with Crippen LogP contribution in [0, 0.1) is 5.92 Å². The van der Waals surface area contributed by atoms with Crippen LogP contribution in [0.1, 0.15) is 56.8 Å². The molecular weight excluding hydrogens is 454 g/mol. The predicted molar refractivity (Wildman–Crippen MR) is 127 cm³/mol. The number of alkyl halides is 2. The first kappa shape index (κ1) is 24.6. The fourth-order valence-corrected chi connectivity index (χ4v) is 4.25. The van der Waals surface area contributed by atoms with E-state index in [1.165, 1.54) is 0 Å². The molecule has 1 aliphatic carbocycles. The number of nitrogens with two attached hydrogens (primary N) is 1. The van der Waals surface area contributed by atoms with E-state index in [1.807, 2.05) is 43.6 Å². The topological polar surface area (TPSA) is 119 Å². The Morgan fingerprint density at radius 3 is 2.54 bits per heavy atom. The summed E-state index contributed by atoms with van der Waals surface area (Å²) in [6.45, 7) is 0. The number of aromatic nitrogens is 4. The van der Waals surface area contributed by atoms with E-state index in [0.717, 1.165) is 28.9 Å². The first-order valence-corrected chi connectivity index (χ1v) is 11.8. The van der Waals surface area contributed by atoms with Crippen molar-refractivity contribution in [1.82, 2.24) is 25.1 Å². The van der Waals surface area contributed by atoms with Gasteiger partial charge in [-0.3, -0.25) is 14.3 Å². The molecule has 1 saturated carbocycles. The molecular formula is C25H30F2N6O2. The van der Waals surface area contributed by atoms with Crippen LogP contribution in [0.2, 0.25) is 0 Å². The quantitative estimate of drug-likeness (QED) is 0.355. The monoisotopic (exact) mass is 484 g/mol. The number of carbonyl (C=O) groups excluding carboxylic acids is 2. The number of H-pyrrole nitrogens is 1. The molecule has 4 N–H and O–H groups in total. The Kier molecular flexibility index (Phi) is 7.28. The van der Waals surface area contributed by atoms with Crippen LogP contribution in [0.4, 0.5) is 8.78 Å². The number of benzene rings is 1. The van der Waals surface area contributed by atoms with Crippen LogP contribution >= 0.6 is 0 Å². The van der Waals surface area contributed by atoms with Crippen LogP contribution in [0.5, 0.6) is 0 Å². The van der Waals surface area contributed by atoms with Crippen molar-refractivity contribution in [3.05, 3.63) is 48.5 Å². The summed E-state index contributed by atoms with van der Waals surface area (Å²) in [7, 11) is 1.86. The molecule has 8 nitrogen and oxygen atoms in total. The fourth-order valence-electron chi connectivity index (χ4n) is 4.25. The van der Waals surface area contributed by atoms with E-state index in [2.05, 4.69) is 20.4 Å². The van der Waals surface area contributed by atoms with Crippen LogP contribution in [0.25, 0.3) is 22.5 Å². The van der Waals surface area contributed by atoms with E-state index < -0.39 is 23.8 Å². The number of rotatable bonds is 11. The molecule has 10 heteroatoms. The molecule has 2 atom stereocenters. The fraction of sp³-hybridized carbons (Fsp3) is 0.440. The highest BCUT2D eigenvalue weighted by Gasteiger charge is 2.52. The molecule has 2 aromatic heterocycles. The van der Waals surface area contributed by atoms with Gasteiger partial charge in [0.1, 0.15) is 11.7 Å². The number of nitrogens with zero attached hydrogens (tertiary/aromatic N) is 3. The van der Waals surface area contributed by atoms with Crippen LogP contribution in [-0.4, -0.2) is 37.5 Å². The number of hydrogen-bond donors (Lipinski definition) is 3. The van der Waals surface area contributed by atoms with Gasteiger partial charge >= 0.3 is 0 Å². The SMILES string of the molecule is Cn1ccc(-c2ccc(-c3cnc([C@H](CCCCCC(N)=O)NC(=O)C4CCC4(F)F)[nH]3)cc2)n1. The van der Waals surface area contributed by atoms with Crippen molar-refractivity contribution in [2.24, 2.45) is 18.7 Å². The molecule has 1 aromatic carbocycles. The van der Waals surface area contributed by atoms with Crippen molar-refractivity contribution in [2.45, 2.75) is 56.9 Å². The van der Waals surface area contributed by atoms with Gasteiger partial charge < -0.3 is 16.0 Å². The van der Waals surface area contributed by atoms with Crippen molar-refractivity contribution >= 4 is 11.8 Å². The Morgan fingerprint density at radius 1 is 1.20 bits per heavy atom. The molecule has 2 amide bonds. The smallest absolute Gasteiger partial charge is 0.259 e. The maximum atomic E-state index is 13.8. The standard InChI is InChI=1S/C25H30F2N6O2/c1-33-14-12-19(32-33)16-7-9-17(10-8-16)21-15-29-23(30-21)20(5-3-2-4-6-22(28)34)31-24(35)18-11-13-25(18,26)27/h7-10,12,14-15,18,20H,2-6,11,13H2,1H3,(H2,28,34)(H,29,30)(H,31,35)/t18?,20-/m0/s1. The zero-order valence-electron chi connectivity index (χ0n) is 19.6. The van der Waals surface area contributed by atoms with Gasteiger partial charge in [-0.1, -0.05) is 37.1 Å². The number of aromatic amines is 1. The minimum Gasteiger partial charge on any atom is -0.370 e. The second-order valence-corrected chi connectivity index (χ2v) is 9.11. The zero-order valence-corrected chi connectivity index (χ0v) is 19.6. The molecule has 35 heavy (non-hydrogen) atoms. The summed E-state index contributed by atoms with van der Waals surface area (Å²) in [5, 5.41) is 7.18. The van der Waals surface area contributed by atoms with Gasteiger partial charge in [0.2, 0.25) is 11.8 Å². The van der Waals surface area contributed by atoms with Gasteiger partial charge in [-0.15, -0.1) is 0 Å². The molecule has 1 aliphatic rings. The molecule has 0 saturated heterocycles. The molecule has 0 bridgehead atoms. The van der Waals surface area contributed by atoms with E-state index in [-0.39, 0.29) is 18.7 Å². The minimum absolute atomic E-state index is 0.177. The predicted octanol–water partition coefficient (Wildman–Crippen LogP) is 4.12. The first-order chi connectivity index (χ1) is 16.7. The second kappa shape index (κ2) is 10.4. The van der Waals surface area contributed by atoms with Crippen molar-refractivity contribution in [1.29, 1.82) is 0 Å². The summed E-state index contributed by atoms with van der Waals surface area (Å²) < 4.78 is 29.3. The van der Waals surface area contributed by atoms with Gasteiger partial charge in [0.15, 0.2) is 0 Å². The summed E-state index contributed by atoms with van der Waals surface area (Å²) >= 11 is 0. The second-order valence-electron chi connectivity index (χ2n) is 9.11. The number of primary amides is 1. The zero-order chi connectivity index (χ0) is 25.0. The Bertz CT molecular complexity index is 1170. The summed E-state index contributed by atoms with van der Waals surface area (Å²) in [6, 6.07) is 9.24. The highest BCUT2D eigenvalue weighted by Crippen LogP contribution is 2.43. The number of carbonyl (C=O) groups is 2. The Morgan fingerprint density at radius 2 is 1.94 bits per heavy atom. The number of hydrogen-bond acceptors (Lipinski definition) is 4. The average Bonchev–Trinajstić information content (AvgIpc) is 3.47. The van der Waals surface area contributed by atoms with Crippen LogP contribution in [-0.2, 0) is 16.6 Å². The van der Waals surface area contributed by atoms with Crippen LogP contribution in [0.15, 0.2) is 42.7 Å². The van der Waals surface area contributed by atoms with Crippen molar-refractivity contribution in [3.63, 3.8) is 0 Å². The lowest BCUT2D eigenvalue weighted by Crippen LogP contribution is -2.49. The number of unbranched alkanes of at least 4 members (excludes halogenated alkanes) is 2. The summed E-state index contributed by atoms with van der Waals surface area (Å²) in [5.74, 6) is -4.75. The molecule has 4 rings (SSSR count). The molecule has 1 fully saturated rings. The molecule has 186 valence electrons. The Hall–Kier alpha value is -3.56. The summed E-state index contributed by atoms with van der Waals surface area (Å²) in [6.07, 6.45) is 6.34. The number of imidazole rings is 1. The Labute approximate surface area is 202 Å². The summed E-state index contributed by atoms with van der Waals surface area (Å²) in [5.41, 5.74) is 8.70. The molecule has 0 radical (unpaired) electrons. The first-order valence-electron chi connectivity index (χ1n) is 11.8. The average molecular weight is 485 g/mol. The number of amides is 2. The maximum absolute atomic E-state index is 13.8. The third-order valence-corrected chi connectivity index (χ3v) is 6.46. The van der Waals surface area contributed by atoms with Crippen molar-refractivity contribution < 1.29 is 18.4 Å². The molecule has 1 unspecified atom stereocenters. The molecule has 0 aliphatic heterocycles.